The predicted octanol–water partition coefficient (Wildman–Crippen LogP) is 2.48. The van der Waals surface area contributed by atoms with Crippen molar-refractivity contribution in [1.82, 2.24) is 5.32 Å². The highest BCUT2D eigenvalue weighted by atomic mass is 16.5. The molecule has 0 aliphatic carbocycles. The highest BCUT2D eigenvalue weighted by molar-refractivity contribution is 5.75. The van der Waals surface area contributed by atoms with Crippen molar-refractivity contribution in [2.24, 2.45) is 5.92 Å². The standard InChI is InChI=1S/C16H23NO2/c1-5-19-16(18)14-9-17-8-13(14)15-11(3)6-10(2)7-12(15)4/h6-7,13-14,17H,5,8-9H2,1-4H3. The fourth-order valence-corrected chi connectivity index (χ4v) is 3.26. The third-order valence-corrected chi connectivity index (χ3v) is 3.91. The molecule has 0 saturated carbocycles. The van der Waals surface area contributed by atoms with Gasteiger partial charge >= 0.3 is 5.97 Å². The Kier molecular flexibility index (Phi) is 4.25. The summed E-state index contributed by atoms with van der Waals surface area (Å²) >= 11 is 0. The van der Waals surface area contributed by atoms with Gasteiger partial charge < -0.3 is 10.1 Å². The third-order valence-electron chi connectivity index (χ3n) is 3.91. The van der Waals surface area contributed by atoms with Crippen LogP contribution in [0.2, 0.25) is 0 Å². The van der Waals surface area contributed by atoms with E-state index in [-0.39, 0.29) is 17.8 Å². The highest BCUT2D eigenvalue weighted by Crippen LogP contribution is 2.34. The first kappa shape index (κ1) is 14.1. The smallest absolute Gasteiger partial charge is 0.310 e. The molecule has 1 fully saturated rings. The van der Waals surface area contributed by atoms with Crippen LogP contribution in [-0.4, -0.2) is 25.7 Å². The van der Waals surface area contributed by atoms with Crippen molar-refractivity contribution >= 4 is 5.97 Å². The molecular formula is C16H23NO2. The average molecular weight is 261 g/mol. The van der Waals surface area contributed by atoms with Gasteiger partial charge in [-0.1, -0.05) is 17.7 Å². The van der Waals surface area contributed by atoms with Crippen LogP contribution in [0, 0.1) is 26.7 Å². The number of rotatable bonds is 3. The van der Waals surface area contributed by atoms with E-state index in [1.54, 1.807) is 0 Å². The van der Waals surface area contributed by atoms with Gasteiger partial charge in [0.15, 0.2) is 0 Å². The summed E-state index contributed by atoms with van der Waals surface area (Å²) in [6.45, 7) is 10.3. The molecule has 1 aromatic carbocycles. The average Bonchev–Trinajstić information content (AvgIpc) is 2.77. The molecule has 2 rings (SSSR count). The van der Waals surface area contributed by atoms with Gasteiger partial charge in [-0.05, 0) is 44.4 Å². The van der Waals surface area contributed by atoms with Gasteiger partial charge in [-0.3, -0.25) is 4.79 Å². The molecule has 0 bridgehead atoms. The Balaban J connectivity index is 2.33. The van der Waals surface area contributed by atoms with E-state index in [1.807, 2.05) is 6.92 Å². The summed E-state index contributed by atoms with van der Waals surface area (Å²) in [4.78, 5) is 12.1. The molecule has 0 spiro atoms. The van der Waals surface area contributed by atoms with Crippen LogP contribution < -0.4 is 5.32 Å². The van der Waals surface area contributed by atoms with Crippen LogP contribution >= 0.6 is 0 Å². The van der Waals surface area contributed by atoms with Crippen LogP contribution in [-0.2, 0) is 9.53 Å². The number of hydrogen-bond acceptors (Lipinski definition) is 3. The van der Waals surface area contributed by atoms with E-state index in [0.717, 1.165) is 13.1 Å². The second-order valence-electron chi connectivity index (χ2n) is 5.44. The zero-order chi connectivity index (χ0) is 14.0. The van der Waals surface area contributed by atoms with Crippen LogP contribution in [0.15, 0.2) is 12.1 Å². The van der Waals surface area contributed by atoms with Crippen LogP contribution in [0.5, 0.6) is 0 Å². The Bertz CT molecular complexity index is 459. The molecule has 1 N–H and O–H groups in total. The molecule has 19 heavy (non-hydrogen) atoms. The Labute approximate surface area is 115 Å². The molecule has 2 unspecified atom stereocenters. The van der Waals surface area contributed by atoms with Crippen LogP contribution in [0.4, 0.5) is 0 Å². The minimum Gasteiger partial charge on any atom is -0.466 e. The van der Waals surface area contributed by atoms with E-state index < -0.39 is 0 Å². The van der Waals surface area contributed by atoms with Crippen LogP contribution in [0.3, 0.4) is 0 Å². The summed E-state index contributed by atoms with van der Waals surface area (Å²) < 4.78 is 5.20. The number of benzene rings is 1. The summed E-state index contributed by atoms with van der Waals surface area (Å²) in [7, 11) is 0. The maximum absolute atomic E-state index is 12.1. The van der Waals surface area contributed by atoms with Crippen LogP contribution in [0.1, 0.15) is 35.1 Å². The molecule has 2 atom stereocenters. The van der Waals surface area contributed by atoms with Gasteiger partial charge in [-0.25, -0.2) is 0 Å². The van der Waals surface area contributed by atoms with E-state index in [0.29, 0.717) is 6.61 Å². The zero-order valence-electron chi connectivity index (χ0n) is 12.2. The number of esters is 1. The molecule has 1 aliphatic heterocycles. The fourth-order valence-electron chi connectivity index (χ4n) is 3.26. The summed E-state index contributed by atoms with van der Waals surface area (Å²) in [6.07, 6.45) is 0. The number of aryl methyl sites for hydroxylation is 3. The van der Waals surface area contributed by atoms with Gasteiger partial charge in [0, 0.05) is 19.0 Å². The SMILES string of the molecule is CCOC(=O)C1CNCC1c1c(C)cc(C)cc1C. The van der Waals surface area contributed by atoms with Gasteiger partial charge in [0.1, 0.15) is 0 Å². The lowest BCUT2D eigenvalue weighted by Gasteiger charge is -2.22. The van der Waals surface area contributed by atoms with Crippen molar-refractivity contribution in [3.63, 3.8) is 0 Å². The van der Waals surface area contributed by atoms with E-state index in [2.05, 4.69) is 38.2 Å². The lowest BCUT2D eigenvalue weighted by atomic mass is 9.83. The second-order valence-corrected chi connectivity index (χ2v) is 5.44. The maximum atomic E-state index is 12.1. The Morgan fingerprint density at radius 1 is 1.26 bits per heavy atom. The third kappa shape index (κ3) is 2.81. The molecule has 3 heteroatoms. The summed E-state index contributed by atoms with van der Waals surface area (Å²) in [5.41, 5.74) is 5.15. The quantitative estimate of drug-likeness (QED) is 0.850. The molecule has 104 valence electrons. The van der Waals surface area contributed by atoms with Gasteiger partial charge in [0.25, 0.3) is 0 Å². The molecule has 0 radical (unpaired) electrons. The lowest BCUT2D eigenvalue weighted by Crippen LogP contribution is -2.25. The van der Waals surface area contributed by atoms with E-state index >= 15 is 0 Å². The number of carbonyl (C=O) groups excluding carboxylic acids is 1. The number of hydrogen-bond donors (Lipinski definition) is 1. The summed E-state index contributed by atoms with van der Waals surface area (Å²) in [5.74, 6) is 0.108. The van der Waals surface area contributed by atoms with Crippen molar-refractivity contribution in [3.05, 3.63) is 34.4 Å². The molecule has 3 nitrogen and oxygen atoms in total. The largest absolute Gasteiger partial charge is 0.466 e. The number of ether oxygens (including phenoxy) is 1. The highest BCUT2D eigenvalue weighted by Gasteiger charge is 2.36. The topological polar surface area (TPSA) is 38.3 Å². The lowest BCUT2D eigenvalue weighted by molar-refractivity contribution is -0.147. The molecular weight excluding hydrogens is 238 g/mol. The van der Waals surface area contributed by atoms with Gasteiger partial charge in [0.2, 0.25) is 0 Å². The summed E-state index contributed by atoms with van der Waals surface area (Å²) in [5, 5.41) is 3.33. The Morgan fingerprint density at radius 2 is 1.89 bits per heavy atom. The van der Waals surface area contributed by atoms with E-state index in [4.69, 9.17) is 4.74 Å². The summed E-state index contributed by atoms with van der Waals surface area (Å²) in [6, 6.07) is 4.39. The van der Waals surface area contributed by atoms with Crippen LogP contribution in [0.25, 0.3) is 0 Å². The monoisotopic (exact) mass is 261 g/mol. The molecule has 1 saturated heterocycles. The molecule has 0 amide bonds. The minimum absolute atomic E-state index is 0.0555. The van der Waals surface area contributed by atoms with E-state index in [9.17, 15) is 4.79 Å². The first-order valence-electron chi connectivity index (χ1n) is 6.99. The normalized spacial score (nSPS) is 22.5. The minimum atomic E-state index is -0.0723. The Hall–Kier alpha value is -1.35. The molecule has 1 aliphatic rings. The van der Waals surface area contributed by atoms with Crippen molar-refractivity contribution in [1.29, 1.82) is 0 Å². The van der Waals surface area contributed by atoms with Gasteiger partial charge in [-0.15, -0.1) is 0 Å². The van der Waals surface area contributed by atoms with Crippen molar-refractivity contribution in [2.75, 3.05) is 19.7 Å². The second kappa shape index (κ2) is 5.74. The molecule has 1 heterocycles. The first-order chi connectivity index (χ1) is 9.04. The maximum Gasteiger partial charge on any atom is 0.310 e. The number of nitrogens with one attached hydrogen (secondary N) is 1. The van der Waals surface area contributed by atoms with Crippen molar-refractivity contribution in [3.8, 4) is 0 Å². The van der Waals surface area contributed by atoms with E-state index in [1.165, 1.54) is 22.3 Å². The van der Waals surface area contributed by atoms with Gasteiger partial charge in [-0.2, -0.15) is 0 Å². The van der Waals surface area contributed by atoms with Crippen molar-refractivity contribution < 1.29 is 9.53 Å². The predicted molar refractivity (Wildman–Crippen MR) is 76.4 cm³/mol. The fraction of sp³-hybridized carbons (Fsp3) is 0.562. The first-order valence-corrected chi connectivity index (χ1v) is 6.99. The zero-order valence-corrected chi connectivity index (χ0v) is 12.2. The number of carbonyl (C=O) groups is 1. The van der Waals surface area contributed by atoms with Gasteiger partial charge in [0.05, 0.1) is 12.5 Å². The Morgan fingerprint density at radius 3 is 2.47 bits per heavy atom. The van der Waals surface area contributed by atoms with Crippen molar-refractivity contribution in [2.45, 2.75) is 33.6 Å². The molecule has 1 aromatic rings. The molecule has 0 aromatic heterocycles.